The molecule has 0 aliphatic rings. The van der Waals surface area contributed by atoms with Crippen LogP contribution in [0, 0.1) is 13.8 Å². The van der Waals surface area contributed by atoms with E-state index in [1.54, 1.807) is 0 Å². The number of aromatic nitrogens is 2. The van der Waals surface area contributed by atoms with Crippen LogP contribution in [0.5, 0.6) is 0 Å². The molecule has 0 aliphatic heterocycles. The van der Waals surface area contributed by atoms with Gasteiger partial charge in [0.1, 0.15) is 0 Å². The molecule has 2 N–H and O–H groups in total. The predicted octanol–water partition coefficient (Wildman–Crippen LogP) is 0.929. The molecule has 0 fully saturated rings. The minimum atomic E-state index is -0.513. The summed E-state index contributed by atoms with van der Waals surface area (Å²) in [6.45, 7) is 10.6. The highest BCUT2D eigenvalue weighted by Crippen LogP contribution is 2.10. The van der Waals surface area contributed by atoms with Crippen LogP contribution in [0.25, 0.3) is 0 Å². The average Bonchev–Trinajstić information content (AvgIpc) is 2.64. The second-order valence-corrected chi connectivity index (χ2v) is 5.55. The molecule has 122 valence electrons. The smallest absolute Gasteiger partial charge is 0.0897 e. The maximum absolute atomic E-state index is 9.83. The van der Waals surface area contributed by atoms with Gasteiger partial charge in [0.2, 0.25) is 0 Å². The molecule has 0 radical (unpaired) electrons. The summed E-state index contributed by atoms with van der Waals surface area (Å²) in [5.74, 6) is 0. The Kier molecular flexibility index (Phi) is 7.88. The summed E-state index contributed by atoms with van der Waals surface area (Å²) in [6, 6.07) is 0. The Bertz CT molecular complexity index is 419. The van der Waals surface area contributed by atoms with Crippen molar-refractivity contribution in [3.63, 3.8) is 0 Å². The third kappa shape index (κ3) is 6.56. The first-order valence-electron chi connectivity index (χ1n) is 7.49. The van der Waals surface area contributed by atoms with Gasteiger partial charge < -0.3 is 19.9 Å². The van der Waals surface area contributed by atoms with E-state index >= 15 is 0 Å². The van der Waals surface area contributed by atoms with Gasteiger partial charge in [-0.2, -0.15) is 5.10 Å². The van der Waals surface area contributed by atoms with Gasteiger partial charge in [-0.1, -0.05) is 0 Å². The number of aryl methyl sites for hydroxylation is 2. The molecular formula is C15H29N3O3. The number of rotatable bonds is 10. The van der Waals surface area contributed by atoms with Gasteiger partial charge in [0.25, 0.3) is 0 Å². The fourth-order valence-corrected chi connectivity index (χ4v) is 2.06. The third-order valence-corrected chi connectivity index (χ3v) is 3.33. The first-order chi connectivity index (χ1) is 9.91. The molecule has 0 aromatic carbocycles. The molecule has 0 saturated heterocycles. The summed E-state index contributed by atoms with van der Waals surface area (Å²) in [7, 11) is 1.94. The highest BCUT2D eigenvalue weighted by Gasteiger charge is 2.10. The topological polar surface area (TPSA) is 68.5 Å². The van der Waals surface area contributed by atoms with E-state index < -0.39 is 6.10 Å². The summed E-state index contributed by atoms with van der Waals surface area (Å²) < 4.78 is 12.6. The van der Waals surface area contributed by atoms with Crippen LogP contribution >= 0.6 is 0 Å². The van der Waals surface area contributed by atoms with Crippen LogP contribution in [0.1, 0.15) is 30.8 Å². The Morgan fingerprint density at radius 3 is 2.57 bits per heavy atom. The van der Waals surface area contributed by atoms with Gasteiger partial charge in [0.05, 0.1) is 37.7 Å². The summed E-state index contributed by atoms with van der Waals surface area (Å²) in [6.07, 6.45) is -0.299. The van der Waals surface area contributed by atoms with E-state index in [9.17, 15) is 5.11 Å². The quantitative estimate of drug-likeness (QED) is 0.629. The van der Waals surface area contributed by atoms with Gasteiger partial charge in [-0.15, -0.1) is 0 Å². The van der Waals surface area contributed by atoms with Crippen LogP contribution < -0.4 is 5.32 Å². The Balaban J connectivity index is 2.14. The lowest BCUT2D eigenvalue weighted by atomic mass is 10.2. The van der Waals surface area contributed by atoms with E-state index in [1.807, 2.05) is 39.4 Å². The van der Waals surface area contributed by atoms with Crippen molar-refractivity contribution in [2.24, 2.45) is 7.05 Å². The molecule has 0 spiro atoms. The molecule has 21 heavy (non-hydrogen) atoms. The van der Waals surface area contributed by atoms with Crippen molar-refractivity contribution in [3.05, 3.63) is 17.0 Å². The van der Waals surface area contributed by atoms with E-state index in [2.05, 4.69) is 10.4 Å². The van der Waals surface area contributed by atoms with Gasteiger partial charge in [-0.25, -0.2) is 0 Å². The van der Waals surface area contributed by atoms with Gasteiger partial charge in [-0.3, -0.25) is 4.68 Å². The average molecular weight is 299 g/mol. The molecule has 1 aromatic rings. The molecule has 1 aromatic heterocycles. The van der Waals surface area contributed by atoms with Crippen molar-refractivity contribution < 1.29 is 14.6 Å². The fourth-order valence-electron chi connectivity index (χ4n) is 2.06. The molecule has 6 nitrogen and oxygen atoms in total. The van der Waals surface area contributed by atoms with Gasteiger partial charge in [0, 0.05) is 31.4 Å². The Hall–Kier alpha value is -0.950. The van der Waals surface area contributed by atoms with Crippen molar-refractivity contribution in [3.8, 4) is 0 Å². The fraction of sp³-hybridized carbons (Fsp3) is 0.800. The van der Waals surface area contributed by atoms with Crippen molar-refractivity contribution in [2.75, 3.05) is 26.4 Å². The first-order valence-corrected chi connectivity index (χ1v) is 7.49. The van der Waals surface area contributed by atoms with Crippen molar-refractivity contribution in [1.82, 2.24) is 15.1 Å². The van der Waals surface area contributed by atoms with Crippen LogP contribution in [0.4, 0.5) is 0 Å². The van der Waals surface area contributed by atoms with Crippen LogP contribution in [0.15, 0.2) is 0 Å². The van der Waals surface area contributed by atoms with Crippen molar-refractivity contribution >= 4 is 0 Å². The van der Waals surface area contributed by atoms with E-state index in [4.69, 9.17) is 9.47 Å². The maximum atomic E-state index is 9.83. The number of hydrogen-bond donors (Lipinski definition) is 2. The number of aliphatic hydroxyl groups is 1. The van der Waals surface area contributed by atoms with Crippen LogP contribution in [0.3, 0.4) is 0 Å². The monoisotopic (exact) mass is 299 g/mol. The molecule has 1 heterocycles. The summed E-state index contributed by atoms with van der Waals surface area (Å²) >= 11 is 0. The third-order valence-electron chi connectivity index (χ3n) is 3.33. The summed E-state index contributed by atoms with van der Waals surface area (Å²) in [5, 5.41) is 17.4. The molecule has 0 amide bonds. The van der Waals surface area contributed by atoms with Crippen molar-refractivity contribution in [1.29, 1.82) is 0 Å². The number of nitrogens with one attached hydrogen (secondary N) is 1. The lowest BCUT2D eigenvalue weighted by molar-refractivity contribution is -0.0100. The standard InChI is InChI=1S/C15H29N3O3/c1-11(2)21-7-6-20-10-14(19)8-16-9-15-12(3)17-18(5)13(15)4/h11,14,16,19H,6-10H2,1-5H3. The zero-order valence-electron chi connectivity index (χ0n) is 13.8. The van der Waals surface area contributed by atoms with Gasteiger partial charge >= 0.3 is 0 Å². The van der Waals surface area contributed by atoms with E-state index in [1.165, 1.54) is 5.56 Å². The highest BCUT2D eigenvalue weighted by atomic mass is 16.5. The number of hydrogen-bond acceptors (Lipinski definition) is 5. The largest absolute Gasteiger partial charge is 0.389 e. The minimum absolute atomic E-state index is 0.214. The number of ether oxygens (including phenoxy) is 2. The minimum Gasteiger partial charge on any atom is -0.389 e. The summed E-state index contributed by atoms with van der Waals surface area (Å²) in [4.78, 5) is 0. The van der Waals surface area contributed by atoms with E-state index in [-0.39, 0.29) is 6.10 Å². The van der Waals surface area contributed by atoms with Crippen LogP contribution in [-0.4, -0.2) is 53.5 Å². The van der Waals surface area contributed by atoms with E-state index in [0.29, 0.717) is 32.9 Å². The lowest BCUT2D eigenvalue weighted by Crippen LogP contribution is -2.30. The Morgan fingerprint density at radius 2 is 2.00 bits per heavy atom. The molecule has 1 unspecified atom stereocenters. The molecule has 1 rings (SSSR count). The number of nitrogens with zero attached hydrogens (tertiary/aromatic N) is 2. The molecule has 1 atom stereocenters. The van der Waals surface area contributed by atoms with Crippen molar-refractivity contribution in [2.45, 2.75) is 46.4 Å². The second-order valence-electron chi connectivity index (χ2n) is 5.55. The van der Waals surface area contributed by atoms with Crippen LogP contribution in [0.2, 0.25) is 0 Å². The Morgan fingerprint density at radius 1 is 1.29 bits per heavy atom. The summed E-state index contributed by atoms with van der Waals surface area (Å²) in [5.41, 5.74) is 3.37. The maximum Gasteiger partial charge on any atom is 0.0897 e. The molecule has 0 aliphatic carbocycles. The SMILES string of the molecule is Cc1nn(C)c(C)c1CNCC(O)COCCOC(C)C. The molecular weight excluding hydrogens is 270 g/mol. The van der Waals surface area contributed by atoms with E-state index in [0.717, 1.165) is 11.4 Å². The van der Waals surface area contributed by atoms with Crippen LogP contribution in [-0.2, 0) is 23.1 Å². The molecule has 0 saturated carbocycles. The van der Waals surface area contributed by atoms with Gasteiger partial charge in [0.15, 0.2) is 0 Å². The first kappa shape index (κ1) is 18.1. The Labute approximate surface area is 127 Å². The molecule has 6 heteroatoms. The zero-order valence-corrected chi connectivity index (χ0v) is 13.8. The zero-order chi connectivity index (χ0) is 15.8. The second kappa shape index (κ2) is 9.15. The van der Waals surface area contributed by atoms with Gasteiger partial charge in [-0.05, 0) is 27.7 Å². The lowest BCUT2D eigenvalue weighted by Gasteiger charge is -2.13. The predicted molar refractivity (Wildman–Crippen MR) is 82.3 cm³/mol. The highest BCUT2D eigenvalue weighted by molar-refractivity contribution is 5.23. The number of aliphatic hydroxyl groups excluding tert-OH is 1. The molecule has 0 bridgehead atoms. The normalized spacial score (nSPS) is 13.1.